The number of carbonyl (C=O) groups is 2. The van der Waals surface area contributed by atoms with Crippen LogP contribution >= 0.6 is 15.9 Å². The van der Waals surface area contributed by atoms with Gasteiger partial charge in [-0.1, -0.05) is 12.1 Å². The second kappa shape index (κ2) is 6.19. The second-order valence-electron chi connectivity index (χ2n) is 5.19. The molecule has 1 aromatic rings. The summed E-state index contributed by atoms with van der Waals surface area (Å²) in [7, 11) is 0. The molecule has 0 spiro atoms. The molecule has 0 aliphatic heterocycles. The quantitative estimate of drug-likeness (QED) is 0.836. The maximum absolute atomic E-state index is 12.2. The summed E-state index contributed by atoms with van der Waals surface area (Å²) < 4.78 is 0.781. The standard InChI is InChI=1S/C14H19BrN2O2/c1-9(2)16-12(18)14(3,4)13(19)17-11-8-6-5-7-10(11)15/h5-9H,1-4H3,(H,16,18)(H,17,19). The van der Waals surface area contributed by atoms with Crippen LogP contribution in [-0.4, -0.2) is 17.9 Å². The van der Waals surface area contributed by atoms with Crippen LogP contribution in [-0.2, 0) is 9.59 Å². The first-order valence-corrected chi connectivity index (χ1v) is 6.91. The fourth-order valence-electron chi connectivity index (χ4n) is 1.39. The van der Waals surface area contributed by atoms with Crippen LogP contribution in [0.15, 0.2) is 28.7 Å². The van der Waals surface area contributed by atoms with E-state index in [9.17, 15) is 9.59 Å². The van der Waals surface area contributed by atoms with E-state index in [1.807, 2.05) is 32.0 Å². The molecule has 0 aliphatic rings. The number of benzene rings is 1. The molecule has 1 rings (SSSR count). The molecule has 1 aromatic carbocycles. The molecule has 0 radical (unpaired) electrons. The maximum Gasteiger partial charge on any atom is 0.239 e. The zero-order valence-corrected chi connectivity index (χ0v) is 13.2. The van der Waals surface area contributed by atoms with Crippen molar-refractivity contribution in [3.63, 3.8) is 0 Å². The fraction of sp³-hybridized carbons (Fsp3) is 0.429. The van der Waals surface area contributed by atoms with Crippen molar-refractivity contribution < 1.29 is 9.59 Å². The van der Waals surface area contributed by atoms with Crippen LogP contribution in [0.4, 0.5) is 5.69 Å². The monoisotopic (exact) mass is 326 g/mol. The Bertz CT molecular complexity index is 484. The van der Waals surface area contributed by atoms with Gasteiger partial charge in [0.05, 0.1) is 5.69 Å². The Balaban J connectivity index is 2.82. The van der Waals surface area contributed by atoms with Gasteiger partial charge in [-0.3, -0.25) is 9.59 Å². The van der Waals surface area contributed by atoms with Gasteiger partial charge >= 0.3 is 0 Å². The van der Waals surface area contributed by atoms with Gasteiger partial charge in [-0.2, -0.15) is 0 Å². The average Bonchev–Trinajstić information content (AvgIpc) is 2.31. The molecule has 0 aliphatic carbocycles. The second-order valence-corrected chi connectivity index (χ2v) is 6.04. The first kappa shape index (κ1) is 15.7. The van der Waals surface area contributed by atoms with Gasteiger partial charge in [0.1, 0.15) is 5.41 Å². The van der Waals surface area contributed by atoms with E-state index >= 15 is 0 Å². The molecular formula is C14H19BrN2O2. The first-order valence-electron chi connectivity index (χ1n) is 6.12. The smallest absolute Gasteiger partial charge is 0.239 e. The number of amides is 2. The minimum atomic E-state index is -1.13. The fourth-order valence-corrected chi connectivity index (χ4v) is 1.77. The van der Waals surface area contributed by atoms with E-state index in [1.165, 1.54) is 0 Å². The molecule has 104 valence electrons. The van der Waals surface area contributed by atoms with Crippen molar-refractivity contribution in [2.45, 2.75) is 33.7 Å². The number of para-hydroxylation sites is 1. The lowest BCUT2D eigenvalue weighted by atomic mass is 9.90. The lowest BCUT2D eigenvalue weighted by Crippen LogP contribution is -2.47. The summed E-state index contributed by atoms with van der Waals surface area (Å²) in [5, 5.41) is 5.51. The summed E-state index contributed by atoms with van der Waals surface area (Å²) in [5.74, 6) is -0.621. The predicted octanol–water partition coefficient (Wildman–Crippen LogP) is 2.94. The normalized spacial score (nSPS) is 11.3. The molecule has 0 aromatic heterocycles. The summed E-state index contributed by atoms with van der Waals surface area (Å²) in [6.07, 6.45) is 0. The Labute approximate surface area is 122 Å². The van der Waals surface area contributed by atoms with Crippen molar-refractivity contribution in [2.75, 3.05) is 5.32 Å². The van der Waals surface area contributed by atoms with Crippen LogP contribution in [0.25, 0.3) is 0 Å². The van der Waals surface area contributed by atoms with Crippen LogP contribution < -0.4 is 10.6 Å². The van der Waals surface area contributed by atoms with Crippen LogP contribution in [0, 0.1) is 5.41 Å². The largest absolute Gasteiger partial charge is 0.353 e. The van der Waals surface area contributed by atoms with Crippen molar-refractivity contribution >= 4 is 33.4 Å². The highest BCUT2D eigenvalue weighted by molar-refractivity contribution is 9.10. The van der Waals surface area contributed by atoms with Gasteiger partial charge in [0.25, 0.3) is 0 Å². The molecule has 0 bridgehead atoms. The summed E-state index contributed by atoms with van der Waals surface area (Å²) >= 11 is 3.35. The molecule has 0 heterocycles. The maximum atomic E-state index is 12.2. The third-order valence-corrected chi connectivity index (χ3v) is 3.37. The zero-order chi connectivity index (χ0) is 14.6. The van der Waals surface area contributed by atoms with Crippen LogP contribution in [0.3, 0.4) is 0 Å². The third kappa shape index (κ3) is 4.06. The van der Waals surface area contributed by atoms with Gasteiger partial charge in [-0.25, -0.2) is 0 Å². The topological polar surface area (TPSA) is 58.2 Å². The molecule has 2 N–H and O–H groups in total. The minimum absolute atomic E-state index is 0.00281. The van der Waals surface area contributed by atoms with E-state index in [4.69, 9.17) is 0 Å². The summed E-state index contributed by atoms with van der Waals surface area (Å²) in [4.78, 5) is 24.2. The summed E-state index contributed by atoms with van der Waals surface area (Å²) in [5.41, 5.74) is -0.475. The Kier molecular flexibility index (Phi) is 5.11. The molecular weight excluding hydrogens is 308 g/mol. The summed E-state index contributed by atoms with van der Waals surface area (Å²) in [6.45, 7) is 6.94. The Morgan fingerprint density at radius 3 is 2.26 bits per heavy atom. The lowest BCUT2D eigenvalue weighted by molar-refractivity contribution is -0.138. The van der Waals surface area contributed by atoms with E-state index in [-0.39, 0.29) is 17.9 Å². The van der Waals surface area contributed by atoms with Crippen molar-refractivity contribution in [3.05, 3.63) is 28.7 Å². The van der Waals surface area contributed by atoms with Gasteiger partial charge in [0.2, 0.25) is 11.8 Å². The number of carbonyl (C=O) groups excluding carboxylic acids is 2. The van der Waals surface area contributed by atoms with E-state index in [2.05, 4.69) is 26.6 Å². The third-order valence-electron chi connectivity index (χ3n) is 2.68. The summed E-state index contributed by atoms with van der Waals surface area (Å²) in [6, 6.07) is 7.29. The Hall–Kier alpha value is -1.36. The number of rotatable bonds is 4. The number of hydrogen-bond acceptors (Lipinski definition) is 2. The zero-order valence-electron chi connectivity index (χ0n) is 11.6. The molecule has 2 amide bonds. The van der Waals surface area contributed by atoms with Gasteiger partial charge in [-0.15, -0.1) is 0 Å². The minimum Gasteiger partial charge on any atom is -0.353 e. The van der Waals surface area contributed by atoms with Crippen molar-refractivity contribution in [1.82, 2.24) is 5.32 Å². The molecule has 5 heteroatoms. The van der Waals surface area contributed by atoms with Gasteiger partial charge < -0.3 is 10.6 Å². The average molecular weight is 327 g/mol. The number of anilines is 1. The molecule has 0 atom stereocenters. The van der Waals surface area contributed by atoms with Gasteiger partial charge in [0.15, 0.2) is 0 Å². The Morgan fingerprint density at radius 1 is 1.16 bits per heavy atom. The molecule has 0 unspecified atom stereocenters. The van der Waals surface area contributed by atoms with Crippen molar-refractivity contribution in [1.29, 1.82) is 0 Å². The van der Waals surface area contributed by atoms with E-state index in [0.29, 0.717) is 5.69 Å². The highest BCUT2D eigenvalue weighted by Gasteiger charge is 2.36. The van der Waals surface area contributed by atoms with E-state index in [1.54, 1.807) is 19.9 Å². The van der Waals surface area contributed by atoms with Crippen molar-refractivity contribution in [2.24, 2.45) is 5.41 Å². The predicted molar refractivity (Wildman–Crippen MR) is 79.8 cm³/mol. The highest BCUT2D eigenvalue weighted by Crippen LogP contribution is 2.24. The van der Waals surface area contributed by atoms with Crippen LogP contribution in [0.5, 0.6) is 0 Å². The number of halogens is 1. The molecule has 19 heavy (non-hydrogen) atoms. The lowest BCUT2D eigenvalue weighted by Gasteiger charge is -2.24. The molecule has 0 fully saturated rings. The van der Waals surface area contributed by atoms with E-state index < -0.39 is 5.41 Å². The van der Waals surface area contributed by atoms with Crippen LogP contribution in [0.1, 0.15) is 27.7 Å². The molecule has 0 saturated carbocycles. The number of nitrogens with one attached hydrogen (secondary N) is 2. The van der Waals surface area contributed by atoms with Crippen molar-refractivity contribution in [3.8, 4) is 0 Å². The molecule has 0 saturated heterocycles. The van der Waals surface area contributed by atoms with Crippen LogP contribution in [0.2, 0.25) is 0 Å². The first-order chi connectivity index (χ1) is 8.75. The number of hydrogen-bond donors (Lipinski definition) is 2. The SMILES string of the molecule is CC(C)NC(=O)C(C)(C)C(=O)Nc1ccccc1Br. The Morgan fingerprint density at radius 2 is 1.74 bits per heavy atom. The highest BCUT2D eigenvalue weighted by atomic mass is 79.9. The van der Waals surface area contributed by atoms with Gasteiger partial charge in [-0.05, 0) is 55.8 Å². The molecule has 4 nitrogen and oxygen atoms in total. The van der Waals surface area contributed by atoms with E-state index in [0.717, 1.165) is 4.47 Å². The van der Waals surface area contributed by atoms with Gasteiger partial charge in [0, 0.05) is 10.5 Å².